The van der Waals surface area contributed by atoms with Gasteiger partial charge < -0.3 is 15.1 Å². The second kappa shape index (κ2) is 10.1. The van der Waals surface area contributed by atoms with E-state index in [9.17, 15) is 18.0 Å². The minimum Gasteiger partial charge on any atom is -0.337 e. The molecule has 4 rings (SSSR count). The summed E-state index contributed by atoms with van der Waals surface area (Å²) in [6, 6.07) is 1.95. The van der Waals surface area contributed by atoms with Crippen LogP contribution in [0.1, 0.15) is 42.7 Å². The minimum atomic E-state index is -4.46. The van der Waals surface area contributed by atoms with Gasteiger partial charge in [0.15, 0.2) is 0 Å². The zero-order valence-electron chi connectivity index (χ0n) is 19.7. The summed E-state index contributed by atoms with van der Waals surface area (Å²) >= 11 is 1.79. The number of hydrogen-bond donors (Lipinski definition) is 1. The molecule has 0 spiro atoms. The zero-order chi connectivity index (χ0) is 24.5. The van der Waals surface area contributed by atoms with E-state index in [1.54, 1.807) is 11.3 Å². The largest absolute Gasteiger partial charge is 0.419 e. The normalized spacial score (nSPS) is 22.8. The molecule has 7 nitrogen and oxygen atoms in total. The predicted octanol–water partition coefficient (Wildman–Crippen LogP) is 4.14. The van der Waals surface area contributed by atoms with Gasteiger partial charge in [-0.2, -0.15) is 13.2 Å². The van der Waals surface area contributed by atoms with E-state index in [0.29, 0.717) is 13.1 Å². The highest BCUT2D eigenvalue weighted by Gasteiger charge is 2.36. The lowest BCUT2D eigenvalue weighted by atomic mass is 10.0. The minimum absolute atomic E-state index is 0.0828. The number of piperazine rings is 1. The zero-order valence-corrected chi connectivity index (χ0v) is 20.5. The van der Waals surface area contributed by atoms with Gasteiger partial charge in [0, 0.05) is 68.1 Å². The quantitative estimate of drug-likeness (QED) is 0.690. The Morgan fingerprint density at radius 2 is 1.76 bits per heavy atom. The first-order chi connectivity index (χ1) is 16.1. The second-order valence-corrected chi connectivity index (χ2v) is 10.3. The molecule has 2 saturated heterocycles. The van der Waals surface area contributed by atoms with Crippen LogP contribution >= 0.6 is 11.3 Å². The van der Waals surface area contributed by atoms with Crippen molar-refractivity contribution < 1.29 is 18.0 Å². The van der Waals surface area contributed by atoms with Crippen LogP contribution in [-0.2, 0) is 12.7 Å². The Labute approximate surface area is 202 Å². The summed E-state index contributed by atoms with van der Waals surface area (Å²) in [6.45, 7) is 9.82. The molecule has 2 fully saturated rings. The number of aryl methyl sites for hydroxylation is 1. The molecule has 34 heavy (non-hydrogen) atoms. The molecule has 0 bridgehead atoms. The van der Waals surface area contributed by atoms with Crippen LogP contribution in [0.2, 0.25) is 0 Å². The third kappa shape index (κ3) is 5.63. The van der Waals surface area contributed by atoms with Gasteiger partial charge in [-0.25, -0.2) is 14.8 Å². The fourth-order valence-electron chi connectivity index (χ4n) is 4.77. The van der Waals surface area contributed by atoms with Gasteiger partial charge in [-0.05, 0) is 50.6 Å². The number of anilines is 1. The smallest absolute Gasteiger partial charge is 0.337 e. The molecule has 11 heteroatoms. The van der Waals surface area contributed by atoms with E-state index in [-0.39, 0.29) is 30.1 Å². The lowest BCUT2D eigenvalue weighted by molar-refractivity contribution is -0.138. The number of halogens is 3. The molecule has 1 N–H and O–H groups in total. The summed E-state index contributed by atoms with van der Waals surface area (Å²) in [6.07, 6.45) is -1.02. The predicted molar refractivity (Wildman–Crippen MR) is 126 cm³/mol. The van der Waals surface area contributed by atoms with Gasteiger partial charge in [0.05, 0.1) is 5.56 Å². The molecule has 4 heterocycles. The van der Waals surface area contributed by atoms with Crippen LogP contribution in [-0.4, -0.2) is 70.1 Å². The lowest BCUT2D eigenvalue weighted by Gasteiger charge is -2.45. The number of alkyl halides is 3. The molecule has 0 unspecified atom stereocenters. The molecule has 186 valence electrons. The van der Waals surface area contributed by atoms with Gasteiger partial charge in [-0.15, -0.1) is 11.3 Å². The molecule has 0 aliphatic carbocycles. The first-order valence-corrected chi connectivity index (χ1v) is 12.5. The average molecular weight is 497 g/mol. The van der Waals surface area contributed by atoms with Crippen molar-refractivity contribution in [1.82, 2.24) is 25.1 Å². The van der Waals surface area contributed by atoms with Crippen molar-refractivity contribution in [3.05, 3.63) is 39.8 Å². The van der Waals surface area contributed by atoms with Gasteiger partial charge in [-0.1, -0.05) is 0 Å². The third-order valence-corrected chi connectivity index (χ3v) is 7.66. The van der Waals surface area contributed by atoms with E-state index in [1.807, 2.05) is 23.6 Å². The Morgan fingerprint density at radius 3 is 2.29 bits per heavy atom. The highest BCUT2D eigenvalue weighted by Crippen LogP contribution is 2.29. The highest BCUT2D eigenvalue weighted by atomic mass is 32.1. The molecule has 2 atom stereocenters. The molecule has 0 aromatic carbocycles. The number of carbonyl (C=O) groups excluding carboxylic acids is 1. The van der Waals surface area contributed by atoms with E-state index in [4.69, 9.17) is 0 Å². The molecule has 0 radical (unpaired) electrons. The van der Waals surface area contributed by atoms with Crippen molar-refractivity contribution in [2.24, 2.45) is 0 Å². The first-order valence-electron chi connectivity index (χ1n) is 11.6. The first kappa shape index (κ1) is 24.7. The molecule has 2 aliphatic rings. The van der Waals surface area contributed by atoms with E-state index < -0.39 is 11.7 Å². The van der Waals surface area contributed by atoms with Gasteiger partial charge in [0.2, 0.25) is 5.95 Å². The summed E-state index contributed by atoms with van der Waals surface area (Å²) in [5, 5.41) is 5.34. The van der Waals surface area contributed by atoms with Crippen LogP contribution < -0.4 is 10.2 Å². The molecule has 2 amide bonds. The van der Waals surface area contributed by atoms with E-state index in [0.717, 1.165) is 44.9 Å². The van der Waals surface area contributed by atoms with Crippen molar-refractivity contribution in [3.8, 4) is 0 Å². The number of amides is 2. The van der Waals surface area contributed by atoms with Crippen LogP contribution in [0.15, 0.2) is 23.8 Å². The summed E-state index contributed by atoms with van der Waals surface area (Å²) in [5.74, 6) is 0.250. The molecular formula is C23H31F3N6OS. The van der Waals surface area contributed by atoms with Crippen LogP contribution in [0.5, 0.6) is 0 Å². The van der Waals surface area contributed by atoms with Crippen LogP contribution in [0.25, 0.3) is 0 Å². The number of aromatic nitrogens is 2. The topological polar surface area (TPSA) is 64.6 Å². The van der Waals surface area contributed by atoms with Crippen molar-refractivity contribution >= 4 is 23.3 Å². The Balaban J connectivity index is 1.28. The number of nitrogens with one attached hydrogen (secondary N) is 1. The number of rotatable bonds is 4. The third-order valence-electron chi connectivity index (χ3n) is 6.65. The molecule has 0 saturated carbocycles. The van der Waals surface area contributed by atoms with E-state index in [1.165, 1.54) is 10.4 Å². The Bertz CT molecular complexity index is 962. The van der Waals surface area contributed by atoms with Crippen molar-refractivity contribution in [2.75, 3.05) is 31.1 Å². The summed E-state index contributed by atoms with van der Waals surface area (Å²) in [5.41, 5.74) is 0.469. The number of carbonyl (C=O) groups is 1. The molecule has 2 aromatic heterocycles. The standard InChI is InChI=1S/C23H31F3N6OS/c1-15-6-9-34-20(15)14-30-7-4-19(5-8-30)29-22(33)32-16(2)12-31(13-17(32)3)21-27-10-18(11-28-21)23(24,25)26/h6,9-11,16-17,19H,4-5,7-8,12-14H2,1-3H3,(H,29,33)/t16-,17+. The van der Waals surface area contributed by atoms with Crippen LogP contribution in [0.4, 0.5) is 23.9 Å². The molecule has 2 aliphatic heterocycles. The maximum absolute atomic E-state index is 13.1. The van der Waals surface area contributed by atoms with Gasteiger partial charge >= 0.3 is 12.2 Å². The Hall–Kier alpha value is -2.40. The number of hydrogen-bond acceptors (Lipinski definition) is 6. The number of thiophene rings is 1. The Kier molecular flexibility index (Phi) is 7.32. The molecular weight excluding hydrogens is 465 g/mol. The summed E-state index contributed by atoms with van der Waals surface area (Å²) < 4.78 is 38.4. The van der Waals surface area contributed by atoms with E-state index >= 15 is 0 Å². The number of urea groups is 1. The SMILES string of the molecule is Cc1ccsc1CN1CCC(NC(=O)N2[C@H](C)CN(c3ncc(C(F)(F)F)cn3)C[C@@H]2C)CC1. The van der Waals surface area contributed by atoms with Gasteiger partial charge in [0.25, 0.3) is 0 Å². The summed E-state index contributed by atoms with van der Waals surface area (Å²) in [4.78, 5) is 28.4. The van der Waals surface area contributed by atoms with Gasteiger partial charge in [0.1, 0.15) is 0 Å². The molecule has 2 aromatic rings. The number of nitrogens with zero attached hydrogens (tertiary/aromatic N) is 5. The fraction of sp³-hybridized carbons (Fsp3) is 0.609. The van der Waals surface area contributed by atoms with E-state index in [2.05, 4.69) is 38.6 Å². The fourth-order valence-corrected chi connectivity index (χ4v) is 5.72. The van der Waals surface area contributed by atoms with Crippen molar-refractivity contribution in [3.63, 3.8) is 0 Å². The maximum Gasteiger partial charge on any atom is 0.419 e. The average Bonchev–Trinajstić information content (AvgIpc) is 3.18. The van der Waals surface area contributed by atoms with Crippen LogP contribution in [0.3, 0.4) is 0 Å². The van der Waals surface area contributed by atoms with Crippen molar-refractivity contribution in [1.29, 1.82) is 0 Å². The number of likely N-dealkylation sites (tertiary alicyclic amines) is 1. The number of piperidine rings is 1. The maximum atomic E-state index is 13.1. The highest BCUT2D eigenvalue weighted by molar-refractivity contribution is 7.10. The van der Waals surface area contributed by atoms with Crippen molar-refractivity contribution in [2.45, 2.75) is 64.5 Å². The lowest BCUT2D eigenvalue weighted by Crippen LogP contribution is -2.62. The van der Waals surface area contributed by atoms with Crippen LogP contribution in [0, 0.1) is 6.92 Å². The summed E-state index contributed by atoms with van der Waals surface area (Å²) in [7, 11) is 0. The Morgan fingerprint density at radius 1 is 1.15 bits per heavy atom. The monoisotopic (exact) mass is 496 g/mol. The van der Waals surface area contributed by atoms with Gasteiger partial charge in [-0.3, -0.25) is 4.90 Å². The second-order valence-electron chi connectivity index (χ2n) is 9.31.